The van der Waals surface area contributed by atoms with Crippen molar-refractivity contribution in [2.75, 3.05) is 24.5 Å². The molecule has 3 nitrogen and oxygen atoms in total. The third kappa shape index (κ3) is 3.48. The van der Waals surface area contributed by atoms with E-state index in [1.54, 1.807) is 11.3 Å². The molecule has 0 saturated carbocycles. The van der Waals surface area contributed by atoms with Crippen LogP contribution in [0.1, 0.15) is 52.8 Å². The summed E-state index contributed by atoms with van der Waals surface area (Å²) in [7, 11) is 0. The Morgan fingerprint density at radius 1 is 1.53 bits per heavy atom. The molecule has 0 aromatic carbocycles. The second kappa shape index (κ2) is 5.80. The number of nitrogens with one attached hydrogen (secondary N) is 1. The third-order valence-electron chi connectivity index (χ3n) is 4.15. The Morgan fingerprint density at radius 2 is 2.26 bits per heavy atom. The Morgan fingerprint density at radius 3 is 2.84 bits per heavy atom. The second-order valence-corrected chi connectivity index (χ2v) is 7.47. The molecular weight excluding hydrogens is 254 g/mol. The van der Waals surface area contributed by atoms with Crippen molar-refractivity contribution < 1.29 is 0 Å². The molecule has 0 amide bonds. The van der Waals surface area contributed by atoms with Gasteiger partial charge in [0.15, 0.2) is 5.13 Å². The molecule has 4 heteroatoms. The van der Waals surface area contributed by atoms with E-state index >= 15 is 0 Å². The van der Waals surface area contributed by atoms with E-state index in [0.29, 0.717) is 11.5 Å². The van der Waals surface area contributed by atoms with Gasteiger partial charge >= 0.3 is 0 Å². The van der Waals surface area contributed by atoms with Gasteiger partial charge in [-0.2, -0.15) is 0 Å². The predicted octanol–water partition coefficient (Wildman–Crippen LogP) is 3.69. The largest absolute Gasteiger partial charge is 0.348 e. The van der Waals surface area contributed by atoms with Gasteiger partial charge in [-0.15, -0.1) is 11.3 Å². The van der Waals surface area contributed by atoms with Crippen molar-refractivity contribution in [1.82, 2.24) is 10.3 Å². The van der Waals surface area contributed by atoms with Crippen LogP contribution >= 0.6 is 11.3 Å². The SMILES string of the molecule is CCNC(C)c1csc(N2CCC(C(C)(C)C)C2)n1. The summed E-state index contributed by atoms with van der Waals surface area (Å²) >= 11 is 1.79. The average Bonchev–Trinajstić information content (AvgIpc) is 2.97. The van der Waals surface area contributed by atoms with Gasteiger partial charge in [0.1, 0.15) is 0 Å². The molecule has 2 atom stereocenters. The standard InChI is InChI=1S/C15H27N3S/c1-6-16-11(2)13-10-19-14(17-13)18-8-7-12(9-18)15(3,4)5/h10-12,16H,6-9H2,1-5H3. The molecule has 1 aliphatic rings. The molecule has 0 radical (unpaired) electrons. The van der Waals surface area contributed by atoms with Crippen molar-refractivity contribution in [2.24, 2.45) is 11.3 Å². The zero-order valence-corrected chi connectivity index (χ0v) is 13.7. The molecular formula is C15H27N3S. The third-order valence-corrected chi connectivity index (χ3v) is 5.07. The normalized spacial score (nSPS) is 21.9. The summed E-state index contributed by atoms with van der Waals surface area (Å²) in [6, 6.07) is 0.357. The smallest absolute Gasteiger partial charge is 0.185 e. The van der Waals surface area contributed by atoms with Crippen LogP contribution in [0.2, 0.25) is 0 Å². The first-order chi connectivity index (χ1) is 8.91. The van der Waals surface area contributed by atoms with Gasteiger partial charge in [-0.25, -0.2) is 4.98 Å². The van der Waals surface area contributed by atoms with Gasteiger partial charge < -0.3 is 10.2 Å². The minimum absolute atomic E-state index is 0.357. The highest BCUT2D eigenvalue weighted by Gasteiger charge is 2.32. The fourth-order valence-corrected chi connectivity index (χ4v) is 3.63. The first kappa shape index (κ1) is 14.8. The fraction of sp³-hybridized carbons (Fsp3) is 0.800. The van der Waals surface area contributed by atoms with Crippen molar-refractivity contribution >= 4 is 16.5 Å². The summed E-state index contributed by atoms with van der Waals surface area (Å²) in [4.78, 5) is 7.27. The lowest BCUT2D eigenvalue weighted by Crippen LogP contribution is -2.25. The van der Waals surface area contributed by atoms with E-state index in [0.717, 1.165) is 25.6 Å². The summed E-state index contributed by atoms with van der Waals surface area (Å²) < 4.78 is 0. The van der Waals surface area contributed by atoms with Gasteiger partial charge in [0.25, 0.3) is 0 Å². The summed E-state index contributed by atoms with van der Waals surface area (Å²) in [5, 5.41) is 6.83. The van der Waals surface area contributed by atoms with Crippen LogP contribution in [0.3, 0.4) is 0 Å². The maximum Gasteiger partial charge on any atom is 0.185 e. The molecule has 2 heterocycles. The lowest BCUT2D eigenvalue weighted by molar-refractivity contribution is 0.263. The van der Waals surface area contributed by atoms with Gasteiger partial charge in [0.05, 0.1) is 5.69 Å². The number of anilines is 1. The van der Waals surface area contributed by atoms with E-state index in [9.17, 15) is 0 Å². The topological polar surface area (TPSA) is 28.2 Å². The van der Waals surface area contributed by atoms with Gasteiger partial charge in [-0.3, -0.25) is 0 Å². The quantitative estimate of drug-likeness (QED) is 0.912. The van der Waals surface area contributed by atoms with Crippen molar-refractivity contribution in [2.45, 2.75) is 47.1 Å². The number of hydrogen-bond acceptors (Lipinski definition) is 4. The Balaban J connectivity index is 2.00. The van der Waals surface area contributed by atoms with Crippen molar-refractivity contribution in [1.29, 1.82) is 0 Å². The van der Waals surface area contributed by atoms with Crippen LogP contribution < -0.4 is 10.2 Å². The van der Waals surface area contributed by atoms with Gasteiger partial charge in [0, 0.05) is 24.5 Å². The van der Waals surface area contributed by atoms with E-state index < -0.39 is 0 Å². The molecule has 2 unspecified atom stereocenters. The van der Waals surface area contributed by atoms with Gasteiger partial charge in [0.2, 0.25) is 0 Å². The van der Waals surface area contributed by atoms with Crippen LogP contribution in [-0.4, -0.2) is 24.6 Å². The van der Waals surface area contributed by atoms with Crippen LogP contribution in [0, 0.1) is 11.3 Å². The minimum atomic E-state index is 0.357. The Labute approximate surface area is 121 Å². The summed E-state index contributed by atoms with van der Waals surface area (Å²) in [5.41, 5.74) is 1.59. The lowest BCUT2D eigenvalue weighted by Gasteiger charge is -2.26. The number of rotatable bonds is 4. The zero-order chi connectivity index (χ0) is 14.0. The van der Waals surface area contributed by atoms with Crippen molar-refractivity contribution in [3.05, 3.63) is 11.1 Å². The van der Waals surface area contributed by atoms with E-state index in [1.165, 1.54) is 17.2 Å². The molecule has 1 fully saturated rings. The lowest BCUT2D eigenvalue weighted by atomic mass is 9.80. The summed E-state index contributed by atoms with van der Waals surface area (Å²) in [5.74, 6) is 0.783. The number of thiazole rings is 1. The Bertz CT molecular complexity index is 408. The minimum Gasteiger partial charge on any atom is -0.348 e. The van der Waals surface area contributed by atoms with Crippen LogP contribution in [-0.2, 0) is 0 Å². The van der Waals surface area contributed by atoms with Gasteiger partial charge in [-0.1, -0.05) is 27.7 Å². The first-order valence-electron chi connectivity index (χ1n) is 7.35. The van der Waals surface area contributed by atoms with Crippen LogP contribution in [0.4, 0.5) is 5.13 Å². The highest BCUT2D eigenvalue weighted by Crippen LogP contribution is 2.36. The van der Waals surface area contributed by atoms with Crippen molar-refractivity contribution in [3.8, 4) is 0 Å². The predicted molar refractivity (Wildman–Crippen MR) is 84.0 cm³/mol. The molecule has 0 spiro atoms. The molecule has 2 rings (SSSR count). The molecule has 1 aromatic heterocycles. The molecule has 1 saturated heterocycles. The monoisotopic (exact) mass is 281 g/mol. The van der Waals surface area contributed by atoms with Crippen molar-refractivity contribution in [3.63, 3.8) is 0 Å². The highest BCUT2D eigenvalue weighted by atomic mass is 32.1. The van der Waals surface area contributed by atoms with Crippen LogP contribution in [0.15, 0.2) is 5.38 Å². The number of aromatic nitrogens is 1. The fourth-order valence-electron chi connectivity index (χ4n) is 2.67. The Hall–Kier alpha value is -0.610. The first-order valence-corrected chi connectivity index (χ1v) is 8.23. The maximum absolute atomic E-state index is 4.81. The molecule has 1 N–H and O–H groups in total. The molecule has 1 aliphatic heterocycles. The number of nitrogens with zero attached hydrogens (tertiary/aromatic N) is 2. The molecule has 0 aliphatic carbocycles. The Kier molecular flexibility index (Phi) is 4.51. The summed E-state index contributed by atoms with van der Waals surface area (Å²) in [6.45, 7) is 14.7. The van der Waals surface area contributed by atoms with E-state index in [1.807, 2.05) is 0 Å². The molecule has 19 heavy (non-hydrogen) atoms. The van der Waals surface area contributed by atoms with Crippen LogP contribution in [0.25, 0.3) is 0 Å². The van der Waals surface area contributed by atoms with Crippen LogP contribution in [0.5, 0.6) is 0 Å². The average molecular weight is 281 g/mol. The number of hydrogen-bond donors (Lipinski definition) is 1. The second-order valence-electron chi connectivity index (χ2n) is 6.63. The molecule has 108 valence electrons. The maximum atomic E-state index is 4.81. The molecule has 1 aromatic rings. The van der Waals surface area contributed by atoms with Gasteiger partial charge in [-0.05, 0) is 31.2 Å². The van der Waals surface area contributed by atoms with E-state index in [-0.39, 0.29) is 0 Å². The van der Waals surface area contributed by atoms with E-state index in [4.69, 9.17) is 4.98 Å². The molecule has 0 bridgehead atoms. The zero-order valence-electron chi connectivity index (χ0n) is 12.9. The highest BCUT2D eigenvalue weighted by molar-refractivity contribution is 7.13. The summed E-state index contributed by atoms with van der Waals surface area (Å²) in [6.07, 6.45) is 1.29. The van der Waals surface area contributed by atoms with E-state index in [2.05, 4.69) is 50.2 Å².